The van der Waals surface area contributed by atoms with Crippen molar-refractivity contribution in [1.29, 1.82) is 0 Å². The molecule has 1 aromatic carbocycles. The first-order chi connectivity index (χ1) is 8.83. The number of benzene rings is 1. The van der Waals surface area contributed by atoms with E-state index in [-0.39, 0.29) is 0 Å². The molecule has 0 aromatic heterocycles. The second-order valence-electron chi connectivity index (χ2n) is 5.23. The number of ether oxygens (including phenoxy) is 1. The Morgan fingerprint density at radius 1 is 1.22 bits per heavy atom. The van der Waals surface area contributed by atoms with Gasteiger partial charge < -0.3 is 10.1 Å². The van der Waals surface area contributed by atoms with Crippen LogP contribution in [0.4, 0.5) is 0 Å². The average Bonchev–Trinajstić information content (AvgIpc) is 2.46. The van der Waals surface area contributed by atoms with Crippen LogP contribution in [0.25, 0.3) is 0 Å². The molecule has 0 amide bonds. The smallest absolute Gasteiger partial charge is 0.0468 e. The fourth-order valence-electron chi connectivity index (χ4n) is 2.72. The molecule has 1 aliphatic rings. The molecule has 1 aromatic rings. The molecule has 1 heterocycles. The summed E-state index contributed by atoms with van der Waals surface area (Å²) in [6.45, 7) is 4.08. The predicted octanol–water partition coefficient (Wildman–Crippen LogP) is 3.33. The van der Waals surface area contributed by atoms with Crippen molar-refractivity contribution in [1.82, 2.24) is 5.32 Å². The van der Waals surface area contributed by atoms with Crippen molar-refractivity contribution < 1.29 is 4.74 Å². The van der Waals surface area contributed by atoms with Crippen molar-refractivity contribution in [3.8, 4) is 0 Å². The Balaban J connectivity index is 1.97. The molecular formula is C16H25NO. The molecule has 2 heteroatoms. The van der Waals surface area contributed by atoms with Gasteiger partial charge in [0.05, 0.1) is 0 Å². The van der Waals surface area contributed by atoms with E-state index in [0.29, 0.717) is 6.04 Å². The lowest BCUT2D eigenvalue weighted by molar-refractivity contribution is 0.0608. The van der Waals surface area contributed by atoms with Crippen molar-refractivity contribution >= 4 is 0 Å². The van der Waals surface area contributed by atoms with Gasteiger partial charge in [0.15, 0.2) is 0 Å². The maximum absolute atomic E-state index is 5.43. The molecule has 0 saturated carbocycles. The van der Waals surface area contributed by atoms with Gasteiger partial charge in [-0.05, 0) is 49.8 Å². The molecule has 1 N–H and O–H groups in total. The number of aryl methyl sites for hydroxylation is 1. The third-order valence-corrected chi connectivity index (χ3v) is 4.05. The second-order valence-corrected chi connectivity index (χ2v) is 5.23. The molecule has 1 saturated heterocycles. The Morgan fingerprint density at radius 3 is 2.44 bits per heavy atom. The SMILES string of the molecule is CCc1ccc(C(CC2CCOCC2)NC)cc1. The van der Waals surface area contributed by atoms with Crippen LogP contribution in [-0.2, 0) is 11.2 Å². The summed E-state index contributed by atoms with van der Waals surface area (Å²) in [5.74, 6) is 0.807. The van der Waals surface area contributed by atoms with Crippen molar-refractivity contribution in [2.45, 2.75) is 38.6 Å². The summed E-state index contributed by atoms with van der Waals surface area (Å²) in [5.41, 5.74) is 2.83. The molecule has 1 atom stereocenters. The summed E-state index contributed by atoms with van der Waals surface area (Å²) >= 11 is 0. The van der Waals surface area contributed by atoms with Gasteiger partial charge in [-0.2, -0.15) is 0 Å². The minimum absolute atomic E-state index is 0.485. The molecule has 0 aliphatic carbocycles. The average molecular weight is 247 g/mol. The summed E-state index contributed by atoms with van der Waals surface area (Å²) in [5, 5.41) is 3.46. The fraction of sp³-hybridized carbons (Fsp3) is 0.625. The predicted molar refractivity (Wildman–Crippen MR) is 75.8 cm³/mol. The quantitative estimate of drug-likeness (QED) is 0.861. The molecular weight excluding hydrogens is 222 g/mol. The third-order valence-electron chi connectivity index (χ3n) is 4.05. The highest BCUT2D eigenvalue weighted by atomic mass is 16.5. The van der Waals surface area contributed by atoms with Gasteiger partial charge in [0.2, 0.25) is 0 Å². The molecule has 0 radical (unpaired) electrons. The van der Waals surface area contributed by atoms with Crippen LogP contribution in [-0.4, -0.2) is 20.3 Å². The Hall–Kier alpha value is -0.860. The van der Waals surface area contributed by atoms with Gasteiger partial charge in [-0.25, -0.2) is 0 Å². The van der Waals surface area contributed by atoms with Gasteiger partial charge in [-0.1, -0.05) is 31.2 Å². The summed E-state index contributed by atoms with van der Waals surface area (Å²) in [4.78, 5) is 0. The maximum atomic E-state index is 5.43. The molecule has 2 nitrogen and oxygen atoms in total. The van der Waals surface area contributed by atoms with E-state index in [1.165, 1.54) is 30.4 Å². The van der Waals surface area contributed by atoms with Crippen LogP contribution in [0, 0.1) is 5.92 Å². The summed E-state index contributed by atoms with van der Waals surface area (Å²) in [7, 11) is 2.07. The Bertz CT molecular complexity index is 341. The molecule has 18 heavy (non-hydrogen) atoms. The van der Waals surface area contributed by atoms with Crippen LogP contribution >= 0.6 is 0 Å². The second kappa shape index (κ2) is 6.91. The van der Waals surface area contributed by atoms with Gasteiger partial charge in [-0.3, -0.25) is 0 Å². The fourth-order valence-corrected chi connectivity index (χ4v) is 2.72. The lowest BCUT2D eigenvalue weighted by atomic mass is 9.89. The highest BCUT2D eigenvalue weighted by Crippen LogP contribution is 2.27. The molecule has 1 fully saturated rings. The number of hydrogen-bond donors (Lipinski definition) is 1. The van der Waals surface area contributed by atoms with Gasteiger partial charge in [0.25, 0.3) is 0 Å². The lowest BCUT2D eigenvalue weighted by Gasteiger charge is -2.26. The van der Waals surface area contributed by atoms with Gasteiger partial charge in [0, 0.05) is 19.3 Å². The number of hydrogen-bond acceptors (Lipinski definition) is 2. The zero-order chi connectivity index (χ0) is 12.8. The summed E-state index contributed by atoms with van der Waals surface area (Å²) in [6.07, 6.45) is 4.77. The van der Waals surface area contributed by atoms with E-state index in [9.17, 15) is 0 Å². The van der Waals surface area contributed by atoms with Gasteiger partial charge in [0.1, 0.15) is 0 Å². The van der Waals surface area contributed by atoms with Gasteiger partial charge >= 0.3 is 0 Å². The molecule has 100 valence electrons. The molecule has 2 rings (SSSR count). The standard InChI is InChI=1S/C16H25NO/c1-3-13-4-6-15(7-5-13)16(17-2)12-14-8-10-18-11-9-14/h4-7,14,16-17H,3,8-12H2,1-2H3. The molecule has 1 unspecified atom stereocenters. The lowest BCUT2D eigenvalue weighted by Crippen LogP contribution is -2.23. The van der Waals surface area contributed by atoms with Crippen molar-refractivity contribution in [3.05, 3.63) is 35.4 Å². The van der Waals surface area contributed by atoms with E-state index in [2.05, 4.69) is 43.6 Å². The van der Waals surface area contributed by atoms with Gasteiger partial charge in [-0.15, -0.1) is 0 Å². The normalized spacial score (nSPS) is 18.8. The zero-order valence-electron chi connectivity index (χ0n) is 11.6. The van der Waals surface area contributed by atoms with Crippen LogP contribution < -0.4 is 5.32 Å². The largest absolute Gasteiger partial charge is 0.381 e. The molecule has 0 bridgehead atoms. The van der Waals surface area contributed by atoms with E-state index in [4.69, 9.17) is 4.74 Å². The molecule has 1 aliphatic heterocycles. The van der Waals surface area contributed by atoms with Crippen LogP contribution in [0.1, 0.15) is 43.4 Å². The first-order valence-electron chi connectivity index (χ1n) is 7.17. The van der Waals surface area contributed by atoms with E-state index in [1.54, 1.807) is 0 Å². The highest BCUT2D eigenvalue weighted by molar-refractivity contribution is 5.25. The first kappa shape index (κ1) is 13.6. The van der Waals surface area contributed by atoms with E-state index in [1.807, 2.05) is 0 Å². The zero-order valence-corrected chi connectivity index (χ0v) is 11.6. The minimum Gasteiger partial charge on any atom is -0.381 e. The van der Waals surface area contributed by atoms with Crippen molar-refractivity contribution in [2.75, 3.05) is 20.3 Å². The van der Waals surface area contributed by atoms with Crippen LogP contribution in [0.2, 0.25) is 0 Å². The topological polar surface area (TPSA) is 21.3 Å². The van der Waals surface area contributed by atoms with Crippen LogP contribution in [0.15, 0.2) is 24.3 Å². The number of rotatable bonds is 5. The summed E-state index contributed by atoms with van der Waals surface area (Å²) < 4.78 is 5.43. The monoisotopic (exact) mass is 247 g/mol. The van der Waals surface area contributed by atoms with Crippen molar-refractivity contribution in [3.63, 3.8) is 0 Å². The van der Waals surface area contributed by atoms with Crippen LogP contribution in [0.3, 0.4) is 0 Å². The minimum atomic E-state index is 0.485. The van der Waals surface area contributed by atoms with Crippen LogP contribution in [0.5, 0.6) is 0 Å². The first-order valence-corrected chi connectivity index (χ1v) is 7.17. The Labute approximate surface area is 111 Å². The van der Waals surface area contributed by atoms with E-state index < -0.39 is 0 Å². The van der Waals surface area contributed by atoms with E-state index >= 15 is 0 Å². The summed E-state index contributed by atoms with van der Waals surface area (Å²) in [6, 6.07) is 9.55. The third kappa shape index (κ3) is 3.56. The van der Waals surface area contributed by atoms with E-state index in [0.717, 1.165) is 25.6 Å². The highest BCUT2D eigenvalue weighted by Gasteiger charge is 2.19. The number of nitrogens with one attached hydrogen (secondary N) is 1. The van der Waals surface area contributed by atoms with Crippen molar-refractivity contribution in [2.24, 2.45) is 5.92 Å². The Morgan fingerprint density at radius 2 is 1.89 bits per heavy atom. The maximum Gasteiger partial charge on any atom is 0.0468 e. The Kier molecular flexibility index (Phi) is 5.21. The molecule has 0 spiro atoms.